The lowest BCUT2D eigenvalue weighted by atomic mass is 9.89. The maximum Gasteiger partial charge on any atom is 0.300 e. The van der Waals surface area contributed by atoms with Crippen molar-refractivity contribution >= 4 is 23.6 Å². The monoisotopic (exact) mass is 409 g/mol. The molecule has 30 heavy (non-hydrogen) atoms. The summed E-state index contributed by atoms with van der Waals surface area (Å²) in [5.41, 5.74) is 3.07. The predicted molar refractivity (Wildman–Crippen MR) is 117 cm³/mol. The van der Waals surface area contributed by atoms with Crippen LogP contribution in [-0.4, -0.2) is 74.7 Å². The van der Waals surface area contributed by atoms with Gasteiger partial charge in [0.25, 0.3) is 17.9 Å². The molecule has 1 aromatic carbocycles. The van der Waals surface area contributed by atoms with Crippen molar-refractivity contribution in [3.8, 4) is 5.75 Å². The minimum atomic E-state index is -0.433. The van der Waals surface area contributed by atoms with Crippen LogP contribution in [0.2, 0.25) is 0 Å². The maximum atomic E-state index is 12.8. The Bertz CT molecular complexity index is 944. The van der Waals surface area contributed by atoms with Crippen LogP contribution in [0.25, 0.3) is 5.57 Å². The van der Waals surface area contributed by atoms with E-state index in [1.54, 1.807) is 30.4 Å². The Morgan fingerprint density at radius 1 is 1.37 bits per heavy atom. The molecule has 2 aliphatic rings. The lowest BCUT2D eigenvalue weighted by Crippen LogP contribution is -2.79. The summed E-state index contributed by atoms with van der Waals surface area (Å²) in [6.45, 7) is 3.73. The highest BCUT2D eigenvalue weighted by atomic mass is 16.5. The van der Waals surface area contributed by atoms with E-state index in [1.807, 2.05) is 56.4 Å². The van der Waals surface area contributed by atoms with Crippen molar-refractivity contribution in [3.63, 3.8) is 0 Å². The van der Waals surface area contributed by atoms with Crippen LogP contribution in [0.1, 0.15) is 22.8 Å². The molecule has 0 spiro atoms. The van der Waals surface area contributed by atoms with Gasteiger partial charge in [-0.1, -0.05) is 12.2 Å². The number of carbonyl (C=O) groups excluding carboxylic acids is 2. The fourth-order valence-corrected chi connectivity index (χ4v) is 3.47. The van der Waals surface area contributed by atoms with E-state index >= 15 is 0 Å². The molecule has 1 atom stereocenters. The van der Waals surface area contributed by atoms with Crippen molar-refractivity contribution in [2.24, 2.45) is 0 Å². The summed E-state index contributed by atoms with van der Waals surface area (Å²) in [6, 6.07) is 4.95. The van der Waals surface area contributed by atoms with Gasteiger partial charge < -0.3 is 19.9 Å². The van der Waals surface area contributed by atoms with E-state index in [-0.39, 0.29) is 11.8 Å². The zero-order valence-corrected chi connectivity index (χ0v) is 17.9. The molecule has 7 heteroatoms. The summed E-state index contributed by atoms with van der Waals surface area (Å²) < 4.78 is 5.58. The molecule has 2 N–H and O–H groups in total. The Morgan fingerprint density at radius 3 is 2.87 bits per heavy atom. The fourth-order valence-electron chi connectivity index (χ4n) is 3.47. The molecule has 1 unspecified atom stereocenters. The van der Waals surface area contributed by atoms with Gasteiger partial charge in [0.2, 0.25) is 0 Å². The third kappa shape index (κ3) is 4.52. The highest BCUT2D eigenvalue weighted by Gasteiger charge is 2.40. The van der Waals surface area contributed by atoms with Crippen LogP contribution < -0.4 is 15.0 Å². The molecule has 0 radical (unpaired) electrons. The van der Waals surface area contributed by atoms with Crippen molar-refractivity contribution in [1.29, 1.82) is 0 Å². The van der Waals surface area contributed by atoms with E-state index in [4.69, 9.17) is 4.74 Å². The van der Waals surface area contributed by atoms with Gasteiger partial charge >= 0.3 is 0 Å². The third-order valence-corrected chi connectivity index (χ3v) is 5.10. The standard InChI is InChI=1S/C23H28N4O3/c1-5-6-12-27-15-19(17-9-10-24-21(17)23(27)29)18-14-16(7-8-20(18)30-4)22(28)25-11-13-26(2)3/h5-10,14-15,21H,11-13H2,1-4H3,(H,25,28)/p+1/b6-5+. The SMILES string of the molecule is C/C=C/CN1C=C(c2cc(C(=O)NCCN(C)C)ccc2OC)C2=CC=[NH+]C2C1=O. The van der Waals surface area contributed by atoms with Crippen LogP contribution in [0.4, 0.5) is 0 Å². The molecule has 2 heterocycles. The zero-order chi connectivity index (χ0) is 21.7. The first-order valence-corrected chi connectivity index (χ1v) is 10.0. The Kier molecular flexibility index (Phi) is 6.84. The van der Waals surface area contributed by atoms with Crippen molar-refractivity contribution in [2.45, 2.75) is 13.0 Å². The minimum Gasteiger partial charge on any atom is -0.496 e. The molecule has 2 aliphatic heterocycles. The second kappa shape index (κ2) is 9.54. The number of methoxy groups -OCH3 is 1. The lowest BCUT2D eigenvalue weighted by Gasteiger charge is -2.27. The molecule has 0 saturated heterocycles. The zero-order valence-electron chi connectivity index (χ0n) is 17.9. The van der Waals surface area contributed by atoms with E-state index in [2.05, 4.69) is 10.3 Å². The highest BCUT2D eigenvalue weighted by Crippen LogP contribution is 2.36. The summed E-state index contributed by atoms with van der Waals surface area (Å²) in [5, 5.41) is 2.94. The summed E-state index contributed by atoms with van der Waals surface area (Å²) in [5.74, 6) is 0.507. The smallest absolute Gasteiger partial charge is 0.300 e. The second-order valence-corrected chi connectivity index (χ2v) is 7.47. The second-order valence-electron chi connectivity index (χ2n) is 7.47. The first-order valence-electron chi connectivity index (χ1n) is 10.0. The van der Waals surface area contributed by atoms with Gasteiger partial charge in [0.15, 0.2) is 6.21 Å². The molecule has 0 aromatic heterocycles. The number of benzene rings is 1. The normalized spacial score (nSPS) is 18.0. The van der Waals surface area contributed by atoms with Gasteiger partial charge in [-0.05, 0) is 39.2 Å². The summed E-state index contributed by atoms with van der Waals surface area (Å²) in [4.78, 5) is 32.3. The van der Waals surface area contributed by atoms with Crippen LogP contribution in [0, 0.1) is 0 Å². The van der Waals surface area contributed by atoms with E-state index in [0.29, 0.717) is 24.4 Å². The molecule has 0 saturated carbocycles. The Hall–Kier alpha value is -3.19. The number of rotatable bonds is 8. The van der Waals surface area contributed by atoms with Gasteiger partial charge in [-0.15, -0.1) is 0 Å². The largest absolute Gasteiger partial charge is 0.496 e. The molecular weight excluding hydrogens is 380 g/mol. The molecule has 158 valence electrons. The Balaban J connectivity index is 1.97. The number of nitrogens with zero attached hydrogens (tertiary/aromatic N) is 2. The minimum absolute atomic E-state index is 0.00611. The number of hydrogen-bond acceptors (Lipinski definition) is 4. The highest BCUT2D eigenvalue weighted by molar-refractivity contribution is 6.03. The number of amides is 2. The van der Waals surface area contributed by atoms with Crippen molar-refractivity contribution in [3.05, 3.63) is 59.3 Å². The average Bonchev–Trinajstić information content (AvgIpc) is 3.23. The van der Waals surface area contributed by atoms with Crippen LogP contribution in [0.3, 0.4) is 0 Å². The number of allylic oxidation sites excluding steroid dienone is 2. The number of hydrogen-bond donors (Lipinski definition) is 2. The van der Waals surface area contributed by atoms with Gasteiger partial charge in [0.1, 0.15) is 5.75 Å². The van der Waals surface area contributed by atoms with Gasteiger partial charge in [0.05, 0.1) is 7.11 Å². The van der Waals surface area contributed by atoms with E-state index in [0.717, 1.165) is 23.3 Å². The van der Waals surface area contributed by atoms with Crippen LogP contribution >= 0.6 is 0 Å². The van der Waals surface area contributed by atoms with Gasteiger partial charge in [-0.25, -0.2) is 4.99 Å². The first kappa shape index (κ1) is 21.5. The van der Waals surface area contributed by atoms with Crippen molar-refractivity contribution in [2.75, 3.05) is 40.8 Å². The van der Waals surface area contributed by atoms with Gasteiger partial charge in [-0.2, -0.15) is 0 Å². The van der Waals surface area contributed by atoms with Crippen molar-refractivity contribution in [1.82, 2.24) is 15.1 Å². The molecule has 2 amide bonds. The van der Waals surface area contributed by atoms with E-state index < -0.39 is 6.04 Å². The molecule has 0 bridgehead atoms. The molecule has 3 rings (SSSR count). The van der Waals surface area contributed by atoms with Crippen molar-refractivity contribution < 1.29 is 19.3 Å². The summed E-state index contributed by atoms with van der Waals surface area (Å²) in [6.07, 6.45) is 9.39. The van der Waals surface area contributed by atoms with E-state index in [9.17, 15) is 9.59 Å². The molecular formula is C23H29N4O3+. The number of carbonyl (C=O) groups is 2. The van der Waals surface area contributed by atoms with Gasteiger partial charge in [-0.3, -0.25) is 9.59 Å². The quantitative estimate of drug-likeness (QED) is 0.602. The molecule has 0 aliphatic carbocycles. The number of ether oxygens (including phenoxy) is 1. The fraction of sp³-hybridized carbons (Fsp3) is 0.348. The maximum absolute atomic E-state index is 12.8. The van der Waals surface area contributed by atoms with Crippen LogP contribution in [0.5, 0.6) is 5.75 Å². The van der Waals surface area contributed by atoms with Gasteiger partial charge in [0, 0.05) is 54.2 Å². The topological polar surface area (TPSA) is 75.8 Å². The number of fused-ring (bicyclic) bond motifs is 1. The Morgan fingerprint density at radius 2 is 2.17 bits per heavy atom. The predicted octanol–water partition coefficient (Wildman–Crippen LogP) is 0.206. The third-order valence-electron chi connectivity index (χ3n) is 5.10. The Labute approximate surface area is 177 Å². The lowest BCUT2D eigenvalue weighted by molar-refractivity contribution is -0.467. The van der Waals surface area contributed by atoms with Crippen LogP contribution in [-0.2, 0) is 4.79 Å². The molecule has 1 aromatic rings. The van der Waals surface area contributed by atoms with Crippen LogP contribution in [0.15, 0.2) is 48.2 Å². The first-order chi connectivity index (χ1) is 14.5. The number of likely N-dealkylation sites (N-methyl/N-ethyl adjacent to an activating group) is 1. The summed E-state index contributed by atoms with van der Waals surface area (Å²) in [7, 11) is 5.53. The molecule has 7 nitrogen and oxygen atoms in total. The van der Waals surface area contributed by atoms with E-state index in [1.165, 1.54) is 0 Å². The number of nitrogens with one attached hydrogen (secondary N) is 2. The average molecular weight is 410 g/mol. The summed E-state index contributed by atoms with van der Waals surface area (Å²) >= 11 is 0. The molecule has 0 fully saturated rings.